The third-order valence-electron chi connectivity index (χ3n) is 3.66. The molecule has 0 radical (unpaired) electrons. The maximum absolute atomic E-state index is 3.33. The van der Waals surface area contributed by atoms with Crippen LogP contribution in [-0.4, -0.2) is 0 Å². The van der Waals surface area contributed by atoms with Crippen LogP contribution in [0.25, 0.3) is 22.4 Å². The van der Waals surface area contributed by atoms with Gasteiger partial charge in [0, 0.05) is 17.7 Å². The summed E-state index contributed by atoms with van der Waals surface area (Å²) in [5, 5.41) is 0. The van der Waals surface area contributed by atoms with Crippen molar-refractivity contribution in [3.05, 3.63) is 78.0 Å². The summed E-state index contributed by atoms with van der Waals surface area (Å²) in [7, 11) is 0. The molecule has 1 aromatic heterocycles. The average Bonchev–Trinajstić information content (AvgIpc) is 2.48. The number of hydrogen-bond donors (Lipinski definition) is 0. The first kappa shape index (κ1) is 12.6. The summed E-state index contributed by atoms with van der Waals surface area (Å²) in [4.78, 5) is 3.33. The highest BCUT2D eigenvalue weighted by atomic mass is 14.7. The zero-order valence-corrected chi connectivity index (χ0v) is 11.9. The third-order valence-corrected chi connectivity index (χ3v) is 3.66. The highest BCUT2D eigenvalue weighted by Crippen LogP contribution is 2.28. The van der Waals surface area contributed by atoms with Crippen molar-refractivity contribution in [3.8, 4) is 22.4 Å². The van der Waals surface area contributed by atoms with Crippen LogP contribution < -0.4 is 4.98 Å². The fraction of sp³-hybridized carbons (Fsp3) is 0.105. The maximum atomic E-state index is 3.33. The number of H-pyrrole nitrogens is 1. The number of rotatable bonds is 2. The Balaban J connectivity index is 2.13. The molecule has 0 saturated carbocycles. The van der Waals surface area contributed by atoms with Crippen molar-refractivity contribution in [2.45, 2.75) is 13.8 Å². The van der Waals surface area contributed by atoms with Gasteiger partial charge in [0.1, 0.15) is 0 Å². The van der Waals surface area contributed by atoms with Gasteiger partial charge in [-0.3, -0.25) is 0 Å². The second-order valence-electron chi connectivity index (χ2n) is 5.12. The van der Waals surface area contributed by atoms with Gasteiger partial charge in [-0.25, -0.2) is 4.98 Å². The lowest BCUT2D eigenvalue weighted by Crippen LogP contribution is -2.05. The Hall–Kier alpha value is -2.41. The molecule has 1 heteroatoms. The van der Waals surface area contributed by atoms with Crippen LogP contribution in [0.4, 0.5) is 0 Å². The van der Waals surface area contributed by atoms with E-state index in [1.165, 1.54) is 27.8 Å². The Labute approximate surface area is 119 Å². The van der Waals surface area contributed by atoms with Crippen LogP contribution in [0.15, 0.2) is 66.9 Å². The van der Waals surface area contributed by atoms with E-state index >= 15 is 0 Å². The smallest absolute Gasteiger partial charge is 0.211 e. The SMILES string of the molecule is Cc1cccc(C)c1-c1cc[nH+]c(-c2ccccc2)c1. The minimum absolute atomic E-state index is 1.14. The molecule has 20 heavy (non-hydrogen) atoms. The number of benzene rings is 2. The van der Waals surface area contributed by atoms with Gasteiger partial charge in [0.2, 0.25) is 5.69 Å². The molecule has 0 bridgehead atoms. The number of nitrogens with one attached hydrogen (secondary N) is 1. The lowest BCUT2D eigenvalue weighted by molar-refractivity contribution is -0.364. The zero-order chi connectivity index (χ0) is 13.9. The molecule has 0 spiro atoms. The lowest BCUT2D eigenvalue weighted by Gasteiger charge is -2.09. The van der Waals surface area contributed by atoms with E-state index in [9.17, 15) is 0 Å². The van der Waals surface area contributed by atoms with E-state index in [4.69, 9.17) is 0 Å². The molecule has 1 heterocycles. The molecule has 3 rings (SSSR count). The number of pyridine rings is 1. The van der Waals surface area contributed by atoms with Crippen molar-refractivity contribution in [1.29, 1.82) is 0 Å². The summed E-state index contributed by atoms with van der Waals surface area (Å²) >= 11 is 0. The fourth-order valence-electron chi connectivity index (χ4n) is 2.68. The summed E-state index contributed by atoms with van der Waals surface area (Å²) in [5.74, 6) is 0. The molecular weight excluding hydrogens is 242 g/mol. The van der Waals surface area contributed by atoms with Crippen LogP contribution in [0.3, 0.4) is 0 Å². The normalized spacial score (nSPS) is 10.5. The summed E-state index contributed by atoms with van der Waals surface area (Å²) < 4.78 is 0. The molecule has 0 aliphatic heterocycles. The van der Waals surface area contributed by atoms with Gasteiger partial charge < -0.3 is 0 Å². The van der Waals surface area contributed by atoms with Gasteiger partial charge in [-0.05, 0) is 48.2 Å². The van der Waals surface area contributed by atoms with Gasteiger partial charge >= 0.3 is 0 Å². The molecule has 0 atom stereocenters. The van der Waals surface area contributed by atoms with Gasteiger partial charge in [0.25, 0.3) is 0 Å². The zero-order valence-electron chi connectivity index (χ0n) is 11.9. The predicted octanol–water partition coefficient (Wildman–Crippen LogP) is 4.45. The van der Waals surface area contributed by atoms with Crippen molar-refractivity contribution in [2.24, 2.45) is 0 Å². The Morgan fingerprint density at radius 3 is 2.10 bits per heavy atom. The second kappa shape index (κ2) is 5.30. The van der Waals surface area contributed by atoms with E-state index in [0.717, 1.165) is 5.69 Å². The molecule has 0 unspecified atom stereocenters. The van der Waals surface area contributed by atoms with Crippen molar-refractivity contribution < 1.29 is 4.98 Å². The third kappa shape index (κ3) is 2.35. The van der Waals surface area contributed by atoms with Crippen LogP contribution in [-0.2, 0) is 0 Å². The van der Waals surface area contributed by atoms with Crippen LogP contribution in [0, 0.1) is 13.8 Å². The minimum Gasteiger partial charge on any atom is -0.211 e. The molecule has 0 aliphatic carbocycles. The molecule has 0 amide bonds. The van der Waals surface area contributed by atoms with E-state index in [0.29, 0.717) is 0 Å². The van der Waals surface area contributed by atoms with Crippen molar-refractivity contribution in [2.75, 3.05) is 0 Å². The fourth-order valence-corrected chi connectivity index (χ4v) is 2.68. The first-order chi connectivity index (χ1) is 9.75. The van der Waals surface area contributed by atoms with Crippen LogP contribution >= 0.6 is 0 Å². The monoisotopic (exact) mass is 260 g/mol. The van der Waals surface area contributed by atoms with Crippen LogP contribution in [0.5, 0.6) is 0 Å². The first-order valence-corrected chi connectivity index (χ1v) is 6.89. The number of aromatic amines is 1. The van der Waals surface area contributed by atoms with Crippen molar-refractivity contribution >= 4 is 0 Å². The van der Waals surface area contributed by atoms with Crippen molar-refractivity contribution in [3.63, 3.8) is 0 Å². The minimum atomic E-state index is 1.14. The quantitative estimate of drug-likeness (QED) is 0.646. The number of aromatic nitrogens is 1. The molecule has 1 nitrogen and oxygen atoms in total. The van der Waals surface area contributed by atoms with Crippen molar-refractivity contribution in [1.82, 2.24) is 0 Å². The summed E-state index contributed by atoms with van der Waals surface area (Å²) in [5.41, 5.74) is 7.58. The van der Waals surface area contributed by atoms with E-state index < -0.39 is 0 Å². The molecule has 3 aromatic rings. The standard InChI is InChI=1S/C19H17N/c1-14-7-6-8-15(2)19(14)17-11-12-20-18(13-17)16-9-4-3-5-10-16/h3-13H,1-2H3/p+1. The predicted molar refractivity (Wildman–Crippen MR) is 83.3 cm³/mol. The van der Waals surface area contributed by atoms with Gasteiger partial charge in [0.05, 0.1) is 0 Å². The Bertz CT molecular complexity index is 710. The van der Waals surface area contributed by atoms with Gasteiger partial charge in [0.15, 0.2) is 6.20 Å². The Morgan fingerprint density at radius 2 is 1.40 bits per heavy atom. The van der Waals surface area contributed by atoms with Gasteiger partial charge in [-0.2, -0.15) is 0 Å². The van der Waals surface area contributed by atoms with E-state index in [2.05, 4.69) is 73.4 Å². The average molecular weight is 260 g/mol. The molecule has 98 valence electrons. The Morgan fingerprint density at radius 1 is 0.700 bits per heavy atom. The first-order valence-electron chi connectivity index (χ1n) is 6.89. The molecule has 1 N–H and O–H groups in total. The topological polar surface area (TPSA) is 14.1 Å². The molecule has 0 fully saturated rings. The number of hydrogen-bond acceptors (Lipinski definition) is 0. The molecule has 0 saturated heterocycles. The molecule has 2 aromatic carbocycles. The van der Waals surface area contributed by atoms with E-state index in [1.54, 1.807) is 0 Å². The lowest BCUT2D eigenvalue weighted by atomic mass is 9.95. The van der Waals surface area contributed by atoms with Crippen LogP contribution in [0.1, 0.15) is 11.1 Å². The Kier molecular flexibility index (Phi) is 3.34. The summed E-state index contributed by atoms with van der Waals surface area (Å²) in [6.07, 6.45) is 2.02. The summed E-state index contributed by atoms with van der Waals surface area (Å²) in [6.45, 7) is 4.34. The van der Waals surface area contributed by atoms with Crippen LogP contribution in [0.2, 0.25) is 0 Å². The summed E-state index contributed by atoms with van der Waals surface area (Å²) in [6, 6.07) is 21.2. The van der Waals surface area contributed by atoms with Gasteiger partial charge in [-0.15, -0.1) is 0 Å². The number of aryl methyl sites for hydroxylation is 2. The molecule has 0 aliphatic rings. The van der Waals surface area contributed by atoms with Gasteiger partial charge in [-0.1, -0.05) is 36.4 Å². The largest absolute Gasteiger partial charge is 0.211 e. The highest BCUT2D eigenvalue weighted by Gasteiger charge is 2.10. The van der Waals surface area contributed by atoms with E-state index in [-0.39, 0.29) is 0 Å². The molecular formula is C19H18N+. The second-order valence-corrected chi connectivity index (χ2v) is 5.12. The highest BCUT2D eigenvalue weighted by molar-refractivity contribution is 5.73. The maximum Gasteiger partial charge on any atom is 0.211 e. The van der Waals surface area contributed by atoms with E-state index in [1.807, 2.05) is 12.3 Å².